The van der Waals surface area contributed by atoms with E-state index in [1.165, 1.54) is 51.6 Å². The molecule has 1 fully saturated rings. The second-order valence-corrected chi connectivity index (χ2v) is 6.86. The summed E-state index contributed by atoms with van der Waals surface area (Å²) < 4.78 is 0. The van der Waals surface area contributed by atoms with Crippen LogP contribution in [0.2, 0.25) is 0 Å². The largest absolute Gasteiger partial charge is 0.329 e. The lowest BCUT2D eigenvalue weighted by Crippen LogP contribution is -2.56. The second-order valence-electron chi connectivity index (χ2n) is 6.86. The number of nitrogens with zero attached hydrogens (tertiary/aromatic N) is 1. The molecule has 2 heteroatoms. The number of rotatable bonds is 7. The van der Waals surface area contributed by atoms with E-state index in [2.05, 4.69) is 32.6 Å². The summed E-state index contributed by atoms with van der Waals surface area (Å²) in [6.45, 7) is 12.7. The molecule has 0 bridgehead atoms. The Morgan fingerprint density at radius 2 is 1.72 bits per heavy atom. The molecule has 0 saturated carbocycles. The summed E-state index contributed by atoms with van der Waals surface area (Å²) in [7, 11) is 0. The van der Waals surface area contributed by atoms with E-state index >= 15 is 0 Å². The average molecular weight is 254 g/mol. The van der Waals surface area contributed by atoms with E-state index in [4.69, 9.17) is 5.73 Å². The van der Waals surface area contributed by atoms with Crippen molar-refractivity contribution in [1.82, 2.24) is 4.90 Å². The van der Waals surface area contributed by atoms with E-state index in [1.54, 1.807) is 0 Å². The maximum atomic E-state index is 6.10. The van der Waals surface area contributed by atoms with Gasteiger partial charge in [-0.2, -0.15) is 0 Å². The molecule has 2 N–H and O–H groups in total. The molecule has 3 unspecified atom stereocenters. The summed E-state index contributed by atoms with van der Waals surface area (Å²) in [5.74, 6) is 1.66. The molecule has 3 atom stereocenters. The van der Waals surface area contributed by atoms with Crippen LogP contribution in [0, 0.1) is 11.8 Å². The molecule has 18 heavy (non-hydrogen) atoms. The van der Waals surface area contributed by atoms with Gasteiger partial charge in [0.25, 0.3) is 0 Å². The van der Waals surface area contributed by atoms with Crippen molar-refractivity contribution < 1.29 is 0 Å². The third kappa shape index (κ3) is 4.55. The lowest BCUT2D eigenvalue weighted by molar-refractivity contribution is 0.0329. The van der Waals surface area contributed by atoms with Crippen molar-refractivity contribution in [2.24, 2.45) is 17.6 Å². The van der Waals surface area contributed by atoms with Crippen molar-refractivity contribution in [3.05, 3.63) is 0 Å². The molecule has 0 aliphatic carbocycles. The maximum Gasteiger partial charge on any atom is 0.0303 e. The Morgan fingerprint density at radius 3 is 2.22 bits per heavy atom. The molecule has 0 aromatic carbocycles. The molecule has 0 aromatic heterocycles. The highest BCUT2D eigenvalue weighted by molar-refractivity contribution is 4.91. The highest BCUT2D eigenvalue weighted by Gasteiger charge is 2.34. The van der Waals surface area contributed by atoms with Crippen LogP contribution in [0.5, 0.6) is 0 Å². The van der Waals surface area contributed by atoms with Gasteiger partial charge in [-0.1, -0.05) is 46.5 Å². The highest BCUT2D eigenvalue weighted by atomic mass is 15.2. The number of hydrogen-bond acceptors (Lipinski definition) is 2. The molecule has 1 saturated heterocycles. The fourth-order valence-electron chi connectivity index (χ4n) is 3.43. The molecular weight excluding hydrogens is 220 g/mol. The third-order valence-corrected chi connectivity index (χ3v) is 4.64. The Hall–Kier alpha value is -0.0800. The van der Waals surface area contributed by atoms with E-state index in [0.29, 0.717) is 0 Å². The zero-order valence-corrected chi connectivity index (χ0v) is 13.0. The van der Waals surface area contributed by atoms with Crippen molar-refractivity contribution in [3.63, 3.8) is 0 Å². The van der Waals surface area contributed by atoms with Gasteiger partial charge in [-0.3, -0.25) is 4.90 Å². The van der Waals surface area contributed by atoms with Crippen LogP contribution in [0.1, 0.15) is 66.2 Å². The molecule has 0 spiro atoms. The van der Waals surface area contributed by atoms with Crippen molar-refractivity contribution in [2.75, 3.05) is 19.6 Å². The predicted molar refractivity (Wildman–Crippen MR) is 80.7 cm³/mol. The lowest BCUT2D eigenvalue weighted by atomic mass is 9.85. The molecule has 1 rings (SSSR count). The van der Waals surface area contributed by atoms with Gasteiger partial charge in [0.2, 0.25) is 0 Å². The van der Waals surface area contributed by atoms with Gasteiger partial charge in [-0.15, -0.1) is 0 Å². The third-order valence-electron chi connectivity index (χ3n) is 4.64. The molecule has 1 aliphatic rings. The molecule has 1 aliphatic heterocycles. The average Bonchev–Trinajstić information content (AvgIpc) is 2.33. The maximum absolute atomic E-state index is 6.10. The first-order valence-corrected chi connectivity index (χ1v) is 7.97. The van der Waals surface area contributed by atoms with Gasteiger partial charge in [0.15, 0.2) is 0 Å². The van der Waals surface area contributed by atoms with Gasteiger partial charge in [0.05, 0.1) is 0 Å². The van der Waals surface area contributed by atoms with Crippen LogP contribution in [0.3, 0.4) is 0 Å². The molecule has 2 nitrogen and oxygen atoms in total. The Labute approximate surface area is 114 Å². The first-order chi connectivity index (χ1) is 8.51. The Balaban J connectivity index is 2.50. The van der Waals surface area contributed by atoms with E-state index < -0.39 is 0 Å². The first-order valence-electron chi connectivity index (χ1n) is 7.97. The Kier molecular flexibility index (Phi) is 6.65. The molecule has 1 heterocycles. The van der Waals surface area contributed by atoms with Gasteiger partial charge in [-0.05, 0) is 31.6 Å². The first kappa shape index (κ1) is 16.0. The van der Waals surface area contributed by atoms with Crippen LogP contribution in [0.15, 0.2) is 0 Å². The summed E-state index contributed by atoms with van der Waals surface area (Å²) in [4.78, 5) is 2.68. The van der Waals surface area contributed by atoms with Gasteiger partial charge in [-0.25, -0.2) is 0 Å². The van der Waals surface area contributed by atoms with E-state index in [0.717, 1.165) is 18.4 Å². The normalized spacial score (nSPS) is 29.2. The Morgan fingerprint density at radius 1 is 1.11 bits per heavy atom. The number of piperidine rings is 1. The van der Waals surface area contributed by atoms with Crippen LogP contribution in [-0.4, -0.2) is 30.1 Å². The van der Waals surface area contributed by atoms with Crippen molar-refractivity contribution in [2.45, 2.75) is 71.8 Å². The van der Waals surface area contributed by atoms with Crippen molar-refractivity contribution in [1.29, 1.82) is 0 Å². The lowest BCUT2D eigenvalue weighted by Gasteiger charge is -2.47. The summed E-state index contributed by atoms with van der Waals surface area (Å²) in [5, 5.41) is 0. The summed E-state index contributed by atoms with van der Waals surface area (Å²) in [6.07, 6.45) is 8.03. The zero-order valence-electron chi connectivity index (χ0n) is 13.0. The topological polar surface area (TPSA) is 29.3 Å². The summed E-state index contributed by atoms with van der Waals surface area (Å²) in [6, 6.07) is 0. The summed E-state index contributed by atoms with van der Waals surface area (Å²) >= 11 is 0. The minimum absolute atomic E-state index is 0.233. The molecule has 108 valence electrons. The van der Waals surface area contributed by atoms with E-state index in [1.807, 2.05) is 0 Å². The van der Waals surface area contributed by atoms with Gasteiger partial charge < -0.3 is 5.73 Å². The Bertz CT molecular complexity index is 219. The van der Waals surface area contributed by atoms with Crippen LogP contribution in [0.25, 0.3) is 0 Å². The zero-order chi connectivity index (χ0) is 13.6. The SMILES string of the molecule is CCCCCCC(C)(CN)N1CC(C)CC(C)C1. The van der Waals surface area contributed by atoms with Crippen LogP contribution in [0.4, 0.5) is 0 Å². The monoisotopic (exact) mass is 254 g/mol. The molecule has 0 radical (unpaired) electrons. The summed E-state index contributed by atoms with van der Waals surface area (Å²) in [5.41, 5.74) is 6.33. The van der Waals surface area contributed by atoms with Gasteiger partial charge >= 0.3 is 0 Å². The standard InChI is InChI=1S/C16H34N2/c1-5-6-7-8-9-16(4,13-17)18-11-14(2)10-15(3)12-18/h14-15H,5-13,17H2,1-4H3. The van der Waals surface area contributed by atoms with Crippen molar-refractivity contribution >= 4 is 0 Å². The fraction of sp³-hybridized carbons (Fsp3) is 1.00. The fourth-order valence-corrected chi connectivity index (χ4v) is 3.43. The van der Waals surface area contributed by atoms with E-state index in [-0.39, 0.29) is 5.54 Å². The van der Waals surface area contributed by atoms with E-state index in [9.17, 15) is 0 Å². The highest BCUT2D eigenvalue weighted by Crippen LogP contribution is 2.30. The minimum Gasteiger partial charge on any atom is -0.329 e. The van der Waals surface area contributed by atoms with Gasteiger partial charge in [0, 0.05) is 25.2 Å². The van der Waals surface area contributed by atoms with Crippen LogP contribution in [-0.2, 0) is 0 Å². The molecular formula is C16H34N2. The smallest absolute Gasteiger partial charge is 0.0303 e. The van der Waals surface area contributed by atoms with Gasteiger partial charge in [0.1, 0.15) is 0 Å². The van der Waals surface area contributed by atoms with Crippen LogP contribution >= 0.6 is 0 Å². The number of nitrogens with two attached hydrogens (primary N) is 1. The molecule has 0 amide bonds. The molecule has 0 aromatic rings. The predicted octanol–water partition coefficient (Wildman–Crippen LogP) is 3.65. The number of unbranched alkanes of at least 4 members (excludes halogenated alkanes) is 3. The quantitative estimate of drug-likeness (QED) is 0.703. The minimum atomic E-state index is 0.233. The number of hydrogen-bond donors (Lipinski definition) is 1. The number of likely N-dealkylation sites (tertiary alicyclic amines) is 1. The van der Waals surface area contributed by atoms with Crippen LogP contribution < -0.4 is 5.73 Å². The van der Waals surface area contributed by atoms with Crippen molar-refractivity contribution in [3.8, 4) is 0 Å². The second kappa shape index (κ2) is 7.49.